The zero-order chi connectivity index (χ0) is 17.8. The average Bonchev–Trinajstić information content (AvgIpc) is 3.22. The molecule has 0 saturated heterocycles. The molecule has 1 amide bonds. The van der Waals surface area contributed by atoms with Gasteiger partial charge in [-0.05, 0) is 37.1 Å². The van der Waals surface area contributed by atoms with E-state index in [-0.39, 0.29) is 23.8 Å². The van der Waals surface area contributed by atoms with E-state index in [1.165, 1.54) is 0 Å². The molecule has 0 fully saturated rings. The van der Waals surface area contributed by atoms with Crippen LogP contribution in [0.15, 0.2) is 47.4 Å². The van der Waals surface area contributed by atoms with E-state index in [9.17, 15) is 9.59 Å². The molecule has 130 valence electrons. The Morgan fingerprint density at radius 3 is 2.92 bits per heavy atom. The first kappa shape index (κ1) is 15.0. The van der Waals surface area contributed by atoms with Crippen molar-refractivity contribution in [2.75, 3.05) is 12.1 Å². The normalized spacial score (nSPS) is 16.9. The summed E-state index contributed by atoms with van der Waals surface area (Å²) in [6.07, 6.45) is 2.54. The molecule has 26 heavy (non-hydrogen) atoms. The topological polar surface area (TPSA) is 69.6 Å². The molecule has 1 atom stereocenters. The van der Waals surface area contributed by atoms with Crippen LogP contribution < -0.4 is 20.2 Å². The maximum absolute atomic E-state index is 12.9. The molecular weight excluding hydrogens is 332 g/mol. The number of hydrogen-bond donors (Lipinski definition) is 1. The minimum Gasteiger partial charge on any atom is -0.454 e. The van der Waals surface area contributed by atoms with Crippen molar-refractivity contribution in [2.24, 2.45) is 0 Å². The van der Waals surface area contributed by atoms with Crippen LogP contribution in [0.4, 0.5) is 5.69 Å². The first-order chi connectivity index (χ1) is 12.6. The highest BCUT2D eigenvalue weighted by Crippen LogP contribution is 2.34. The zero-order valence-electron chi connectivity index (χ0n) is 14.1. The summed E-state index contributed by atoms with van der Waals surface area (Å²) < 4.78 is 12.6. The lowest BCUT2D eigenvalue weighted by molar-refractivity contribution is 0.102. The van der Waals surface area contributed by atoms with Crippen LogP contribution in [0.25, 0.3) is 10.9 Å². The van der Waals surface area contributed by atoms with E-state index in [1.54, 1.807) is 30.5 Å². The molecule has 0 aliphatic carbocycles. The van der Waals surface area contributed by atoms with Gasteiger partial charge in [0, 0.05) is 29.4 Å². The molecule has 2 aromatic carbocycles. The van der Waals surface area contributed by atoms with E-state index < -0.39 is 5.91 Å². The van der Waals surface area contributed by atoms with Crippen LogP contribution in [0.2, 0.25) is 0 Å². The fourth-order valence-corrected chi connectivity index (χ4v) is 3.75. The van der Waals surface area contributed by atoms with Gasteiger partial charge in [-0.2, -0.15) is 0 Å². The summed E-state index contributed by atoms with van der Waals surface area (Å²) in [5, 5.41) is 3.38. The fraction of sp³-hybridized carbons (Fsp3) is 0.200. The number of rotatable bonds is 2. The number of carbonyl (C=O) groups is 1. The monoisotopic (exact) mass is 348 g/mol. The largest absolute Gasteiger partial charge is 0.454 e. The second-order valence-corrected chi connectivity index (χ2v) is 6.67. The second kappa shape index (κ2) is 5.36. The number of amides is 1. The highest BCUT2D eigenvalue weighted by Gasteiger charge is 2.24. The van der Waals surface area contributed by atoms with Gasteiger partial charge in [0.05, 0.1) is 5.52 Å². The van der Waals surface area contributed by atoms with Gasteiger partial charge in [0.1, 0.15) is 5.56 Å². The molecule has 3 heterocycles. The molecule has 3 aromatic rings. The molecule has 6 heteroatoms. The Morgan fingerprint density at radius 1 is 1.19 bits per heavy atom. The number of pyridine rings is 1. The third kappa shape index (κ3) is 2.12. The molecular formula is C20H16N2O4. The quantitative estimate of drug-likeness (QED) is 0.773. The first-order valence-electron chi connectivity index (χ1n) is 8.49. The van der Waals surface area contributed by atoms with Gasteiger partial charge in [0.2, 0.25) is 12.2 Å². The Balaban J connectivity index is 1.56. The van der Waals surface area contributed by atoms with Crippen molar-refractivity contribution in [3.8, 4) is 11.5 Å². The third-order valence-corrected chi connectivity index (χ3v) is 5.00. The van der Waals surface area contributed by atoms with Crippen LogP contribution in [-0.2, 0) is 6.42 Å². The molecule has 0 spiro atoms. The van der Waals surface area contributed by atoms with Crippen molar-refractivity contribution in [2.45, 2.75) is 19.4 Å². The van der Waals surface area contributed by atoms with Crippen LogP contribution in [0.5, 0.6) is 11.5 Å². The van der Waals surface area contributed by atoms with Crippen molar-refractivity contribution in [1.29, 1.82) is 0 Å². The summed E-state index contributed by atoms with van der Waals surface area (Å²) in [6, 6.07) is 11.1. The van der Waals surface area contributed by atoms with Crippen molar-refractivity contribution >= 4 is 22.5 Å². The van der Waals surface area contributed by atoms with Crippen molar-refractivity contribution in [1.82, 2.24) is 4.57 Å². The highest BCUT2D eigenvalue weighted by atomic mass is 16.7. The molecule has 6 nitrogen and oxygen atoms in total. The Hall–Kier alpha value is -3.28. The second-order valence-electron chi connectivity index (χ2n) is 6.67. The average molecular weight is 348 g/mol. The summed E-state index contributed by atoms with van der Waals surface area (Å²) >= 11 is 0. The number of aromatic nitrogens is 1. The van der Waals surface area contributed by atoms with Gasteiger partial charge in [-0.25, -0.2) is 0 Å². The molecule has 0 radical (unpaired) electrons. The number of ether oxygens (including phenoxy) is 2. The predicted molar refractivity (Wildman–Crippen MR) is 97.1 cm³/mol. The van der Waals surface area contributed by atoms with E-state index in [0.717, 1.165) is 17.5 Å². The SMILES string of the molecule is CC1Cc2cccc3c(=O)c(C(=O)Nc4ccc5c(c4)OCO5)cn1c23. The van der Waals surface area contributed by atoms with Gasteiger partial charge in [0.25, 0.3) is 5.91 Å². The van der Waals surface area contributed by atoms with E-state index in [2.05, 4.69) is 12.2 Å². The van der Waals surface area contributed by atoms with Gasteiger partial charge in [-0.1, -0.05) is 12.1 Å². The lowest BCUT2D eigenvalue weighted by atomic mass is 10.1. The number of carbonyl (C=O) groups excluding carboxylic acids is 1. The maximum Gasteiger partial charge on any atom is 0.261 e. The molecule has 2 aliphatic heterocycles. The van der Waals surface area contributed by atoms with E-state index in [1.807, 2.05) is 16.7 Å². The minimum atomic E-state index is -0.427. The number of anilines is 1. The first-order valence-corrected chi connectivity index (χ1v) is 8.49. The number of nitrogens with zero attached hydrogens (tertiary/aromatic N) is 1. The van der Waals surface area contributed by atoms with Gasteiger partial charge in [-0.15, -0.1) is 0 Å². The van der Waals surface area contributed by atoms with Crippen LogP contribution >= 0.6 is 0 Å². The molecule has 2 aliphatic rings. The maximum atomic E-state index is 12.9. The lowest BCUT2D eigenvalue weighted by Gasteiger charge is -2.13. The van der Waals surface area contributed by atoms with Crippen LogP contribution in [0.1, 0.15) is 28.9 Å². The summed E-state index contributed by atoms with van der Waals surface area (Å²) in [4.78, 5) is 25.6. The summed E-state index contributed by atoms with van der Waals surface area (Å²) in [5.74, 6) is 0.794. The number of nitrogens with one attached hydrogen (secondary N) is 1. The van der Waals surface area contributed by atoms with Crippen molar-refractivity contribution < 1.29 is 14.3 Å². The summed E-state index contributed by atoms with van der Waals surface area (Å²) in [5.41, 5.74) is 2.54. The Morgan fingerprint density at radius 2 is 2.04 bits per heavy atom. The molecule has 1 aromatic heterocycles. The van der Waals surface area contributed by atoms with Gasteiger partial charge >= 0.3 is 0 Å². The third-order valence-electron chi connectivity index (χ3n) is 5.00. The molecule has 0 saturated carbocycles. The molecule has 5 rings (SSSR count). The summed E-state index contributed by atoms with van der Waals surface area (Å²) in [6.45, 7) is 2.26. The number of para-hydroxylation sites is 1. The van der Waals surface area contributed by atoms with Gasteiger partial charge in [-0.3, -0.25) is 9.59 Å². The lowest BCUT2D eigenvalue weighted by Crippen LogP contribution is -2.23. The van der Waals surface area contributed by atoms with Crippen LogP contribution in [0.3, 0.4) is 0 Å². The smallest absolute Gasteiger partial charge is 0.261 e. The number of benzene rings is 2. The zero-order valence-corrected chi connectivity index (χ0v) is 14.1. The minimum absolute atomic E-state index is 0.140. The Labute approximate surface area is 149 Å². The summed E-state index contributed by atoms with van der Waals surface area (Å²) in [7, 11) is 0. The Bertz CT molecular complexity index is 1130. The van der Waals surface area contributed by atoms with Gasteiger partial charge in [0.15, 0.2) is 11.5 Å². The van der Waals surface area contributed by atoms with Crippen molar-refractivity contribution in [3.05, 3.63) is 63.9 Å². The van der Waals surface area contributed by atoms with Crippen molar-refractivity contribution in [3.63, 3.8) is 0 Å². The van der Waals surface area contributed by atoms with E-state index in [4.69, 9.17) is 9.47 Å². The van der Waals surface area contributed by atoms with Gasteiger partial charge < -0.3 is 19.4 Å². The number of hydrogen-bond acceptors (Lipinski definition) is 4. The number of fused-ring (bicyclic) bond motifs is 1. The van der Waals surface area contributed by atoms with E-state index >= 15 is 0 Å². The van der Waals surface area contributed by atoms with Crippen LogP contribution in [0, 0.1) is 0 Å². The fourth-order valence-electron chi connectivity index (χ4n) is 3.75. The standard InChI is InChI=1S/C20H16N2O4/c1-11-7-12-3-2-4-14-18(12)22(11)9-15(19(14)23)20(24)21-13-5-6-16-17(8-13)26-10-25-16/h2-6,8-9,11H,7,10H2,1H3,(H,21,24). The van der Waals surface area contributed by atoms with E-state index in [0.29, 0.717) is 22.6 Å². The molecule has 1 N–H and O–H groups in total. The predicted octanol–water partition coefficient (Wildman–Crippen LogP) is 3.10. The molecule has 1 unspecified atom stereocenters. The molecule has 0 bridgehead atoms. The van der Waals surface area contributed by atoms with Crippen LogP contribution in [-0.4, -0.2) is 17.3 Å². The Kier molecular flexibility index (Phi) is 3.09. The highest BCUT2D eigenvalue weighted by molar-refractivity contribution is 6.06.